The van der Waals surface area contributed by atoms with Gasteiger partial charge in [-0.2, -0.15) is 0 Å². The molecule has 0 aliphatic carbocycles. The number of para-hydroxylation sites is 1. The van der Waals surface area contributed by atoms with Crippen LogP contribution in [-0.2, 0) is 0 Å². The molecule has 0 amide bonds. The van der Waals surface area contributed by atoms with E-state index in [0.717, 1.165) is 11.5 Å². The van der Waals surface area contributed by atoms with Gasteiger partial charge in [-0.15, -0.1) is 0 Å². The first-order valence-electron chi connectivity index (χ1n) is 6.66. The maximum Gasteiger partial charge on any atom is 0.123 e. The van der Waals surface area contributed by atoms with Crippen molar-refractivity contribution in [3.63, 3.8) is 0 Å². The predicted molar refractivity (Wildman–Crippen MR) is 76.1 cm³/mol. The molecule has 1 aliphatic rings. The maximum atomic E-state index is 5.95. The van der Waals surface area contributed by atoms with Crippen molar-refractivity contribution >= 4 is 0 Å². The van der Waals surface area contributed by atoms with Crippen LogP contribution in [0.2, 0.25) is 0 Å². The first-order chi connectivity index (χ1) is 9.24. The van der Waals surface area contributed by atoms with Crippen LogP contribution in [0.5, 0.6) is 11.5 Å². The molecule has 0 bridgehead atoms. The Hall–Kier alpha value is -1.96. The topological polar surface area (TPSA) is 18.5 Å². The average Bonchev–Trinajstić information content (AvgIpc) is 2.81. The van der Waals surface area contributed by atoms with E-state index in [1.54, 1.807) is 0 Å². The highest BCUT2D eigenvalue weighted by Gasteiger charge is 2.24. The third kappa shape index (κ3) is 2.43. The highest BCUT2D eigenvalue weighted by Crippen LogP contribution is 2.34. The summed E-state index contributed by atoms with van der Waals surface area (Å²) in [6, 6.07) is 14.5. The Balaban J connectivity index is 1.71. The second kappa shape index (κ2) is 4.96. The van der Waals surface area contributed by atoms with Gasteiger partial charge in [0.05, 0.1) is 19.1 Å². The minimum absolute atomic E-state index is 0.330. The van der Waals surface area contributed by atoms with E-state index in [4.69, 9.17) is 9.47 Å². The quantitative estimate of drug-likeness (QED) is 0.828. The molecule has 98 valence electrons. The molecule has 0 saturated heterocycles. The number of rotatable bonds is 3. The van der Waals surface area contributed by atoms with Crippen molar-refractivity contribution in [1.82, 2.24) is 0 Å². The molecule has 1 unspecified atom stereocenters. The summed E-state index contributed by atoms with van der Waals surface area (Å²) in [5, 5.41) is 0. The monoisotopic (exact) mass is 254 g/mol. The van der Waals surface area contributed by atoms with Gasteiger partial charge in [0.1, 0.15) is 11.5 Å². The Morgan fingerprint density at radius 2 is 2.00 bits per heavy atom. The Morgan fingerprint density at radius 3 is 2.84 bits per heavy atom. The van der Waals surface area contributed by atoms with E-state index >= 15 is 0 Å². The van der Waals surface area contributed by atoms with Gasteiger partial charge in [0.2, 0.25) is 0 Å². The summed E-state index contributed by atoms with van der Waals surface area (Å²) in [5.74, 6) is 2.30. The predicted octanol–water partition coefficient (Wildman–Crippen LogP) is 3.86. The molecule has 2 aromatic rings. The van der Waals surface area contributed by atoms with Crippen LogP contribution in [0.4, 0.5) is 0 Å². The van der Waals surface area contributed by atoms with Crippen molar-refractivity contribution in [2.24, 2.45) is 0 Å². The molecule has 0 saturated carbocycles. The zero-order valence-corrected chi connectivity index (χ0v) is 11.3. The molecule has 1 atom stereocenters. The lowest BCUT2D eigenvalue weighted by molar-refractivity contribution is 0.247. The second-order valence-electron chi connectivity index (χ2n) is 5.13. The summed E-state index contributed by atoms with van der Waals surface area (Å²) in [6.07, 6.45) is 0. The molecule has 2 nitrogen and oxygen atoms in total. The van der Waals surface area contributed by atoms with Crippen molar-refractivity contribution in [3.05, 3.63) is 59.2 Å². The molecule has 0 radical (unpaired) electrons. The summed E-state index contributed by atoms with van der Waals surface area (Å²) in [4.78, 5) is 0. The van der Waals surface area contributed by atoms with E-state index in [0.29, 0.717) is 19.1 Å². The van der Waals surface area contributed by atoms with Crippen molar-refractivity contribution in [3.8, 4) is 11.5 Å². The Labute approximate surface area is 114 Å². The molecule has 3 rings (SSSR count). The number of aryl methyl sites for hydroxylation is 2. The zero-order valence-electron chi connectivity index (χ0n) is 11.3. The van der Waals surface area contributed by atoms with Gasteiger partial charge < -0.3 is 9.47 Å². The van der Waals surface area contributed by atoms with Crippen molar-refractivity contribution in [2.75, 3.05) is 13.2 Å². The molecular formula is C17H18O2. The average molecular weight is 254 g/mol. The first kappa shape index (κ1) is 12.1. The number of hydrogen-bond donors (Lipinski definition) is 0. The lowest BCUT2D eigenvalue weighted by Gasteiger charge is -2.13. The number of fused-ring (bicyclic) bond motifs is 1. The standard InChI is InChI=1S/C17H18O2/c1-12-7-8-16(13(2)9-12)18-10-14-11-19-17-6-4-3-5-15(14)17/h3-9,14H,10-11H2,1-2H3. The van der Waals surface area contributed by atoms with Crippen LogP contribution in [0.1, 0.15) is 22.6 Å². The molecule has 0 spiro atoms. The number of ether oxygens (including phenoxy) is 2. The van der Waals surface area contributed by atoms with Gasteiger partial charge in [-0.25, -0.2) is 0 Å². The van der Waals surface area contributed by atoms with E-state index in [1.807, 2.05) is 18.2 Å². The first-order valence-corrected chi connectivity index (χ1v) is 6.66. The van der Waals surface area contributed by atoms with Crippen LogP contribution < -0.4 is 9.47 Å². The van der Waals surface area contributed by atoms with Crippen LogP contribution in [0, 0.1) is 13.8 Å². The molecule has 0 N–H and O–H groups in total. The van der Waals surface area contributed by atoms with Gasteiger partial charge >= 0.3 is 0 Å². The summed E-state index contributed by atoms with van der Waals surface area (Å²) in [6.45, 7) is 5.56. The SMILES string of the molecule is Cc1ccc(OCC2COc3ccccc32)c(C)c1. The van der Waals surface area contributed by atoms with E-state index in [-0.39, 0.29) is 0 Å². The van der Waals surface area contributed by atoms with Gasteiger partial charge in [-0.3, -0.25) is 0 Å². The molecule has 0 fully saturated rings. The smallest absolute Gasteiger partial charge is 0.123 e. The summed E-state index contributed by atoms with van der Waals surface area (Å²) in [5.41, 5.74) is 3.71. The Kier molecular flexibility index (Phi) is 3.16. The highest BCUT2D eigenvalue weighted by molar-refractivity contribution is 5.40. The van der Waals surface area contributed by atoms with Gasteiger partial charge in [0, 0.05) is 5.56 Å². The molecule has 2 heteroatoms. The van der Waals surface area contributed by atoms with Crippen molar-refractivity contribution in [1.29, 1.82) is 0 Å². The van der Waals surface area contributed by atoms with E-state index in [9.17, 15) is 0 Å². The molecular weight excluding hydrogens is 236 g/mol. The zero-order chi connectivity index (χ0) is 13.2. The fourth-order valence-electron chi connectivity index (χ4n) is 2.52. The fourth-order valence-corrected chi connectivity index (χ4v) is 2.52. The highest BCUT2D eigenvalue weighted by atomic mass is 16.5. The third-order valence-electron chi connectivity index (χ3n) is 3.57. The lowest BCUT2D eigenvalue weighted by Crippen LogP contribution is -2.12. The minimum Gasteiger partial charge on any atom is -0.493 e. The molecule has 0 aromatic heterocycles. The second-order valence-corrected chi connectivity index (χ2v) is 5.13. The van der Waals surface area contributed by atoms with Crippen molar-refractivity contribution in [2.45, 2.75) is 19.8 Å². The maximum absolute atomic E-state index is 5.95. The van der Waals surface area contributed by atoms with Gasteiger partial charge in [0.25, 0.3) is 0 Å². The number of hydrogen-bond acceptors (Lipinski definition) is 2. The van der Waals surface area contributed by atoms with Crippen LogP contribution in [0.15, 0.2) is 42.5 Å². The van der Waals surface area contributed by atoms with E-state index in [2.05, 4.69) is 38.1 Å². The summed E-state index contributed by atoms with van der Waals surface area (Å²) in [7, 11) is 0. The van der Waals surface area contributed by atoms with E-state index < -0.39 is 0 Å². The van der Waals surface area contributed by atoms with Crippen molar-refractivity contribution < 1.29 is 9.47 Å². The third-order valence-corrected chi connectivity index (χ3v) is 3.57. The Bertz CT molecular complexity index is 590. The largest absolute Gasteiger partial charge is 0.493 e. The number of benzene rings is 2. The molecule has 2 aromatic carbocycles. The van der Waals surface area contributed by atoms with Crippen LogP contribution in [0.25, 0.3) is 0 Å². The normalized spacial score (nSPS) is 16.8. The van der Waals surface area contributed by atoms with E-state index in [1.165, 1.54) is 16.7 Å². The Morgan fingerprint density at radius 1 is 1.16 bits per heavy atom. The molecule has 1 aliphatic heterocycles. The summed E-state index contributed by atoms with van der Waals surface area (Å²) < 4.78 is 11.6. The molecule has 1 heterocycles. The van der Waals surface area contributed by atoms with Crippen LogP contribution >= 0.6 is 0 Å². The van der Waals surface area contributed by atoms with Gasteiger partial charge in [-0.1, -0.05) is 35.9 Å². The van der Waals surface area contributed by atoms with Crippen LogP contribution in [-0.4, -0.2) is 13.2 Å². The van der Waals surface area contributed by atoms with Gasteiger partial charge in [0.15, 0.2) is 0 Å². The minimum atomic E-state index is 0.330. The lowest BCUT2D eigenvalue weighted by atomic mass is 10.0. The van der Waals surface area contributed by atoms with Gasteiger partial charge in [-0.05, 0) is 31.5 Å². The molecule has 19 heavy (non-hydrogen) atoms. The fraction of sp³-hybridized carbons (Fsp3) is 0.294. The van der Waals surface area contributed by atoms with Crippen LogP contribution in [0.3, 0.4) is 0 Å². The summed E-state index contributed by atoms with van der Waals surface area (Å²) >= 11 is 0.